The molecule has 210 valence electrons. The highest BCUT2D eigenvalue weighted by molar-refractivity contribution is 8.93. The van der Waals surface area contributed by atoms with E-state index in [2.05, 4.69) is 5.32 Å². The summed E-state index contributed by atoms with van der Waals surface area (Å²) >= 11 is 0. The van der Waals surface area contributed by atoms with Gasteiger partial charge in [0.25, 0.3) is 5.91 Å². The van der Waals surface area contributed by atoms with Gasteiger partial charge in [-0.25, -0.2) is 4.79 Å². The number of benzene rings is 2. The number of nitrogens with one attached hydrogen (secondary N) is 2. The van der Waals surface area contributed by atoms with Crippen molar-refractivity contribution in [3.05, 3.63) is 52.1 Å². The molecule has 11 heteroatoms. The molecule has 39 heavy (non-hydrogen) atoms. The molecule has 0 aliphatic carbocycles. The van der Waals surface area contributed by atoms with Gasteiger partial charge >= 0.3 is 6.09 Å². The van der Waals surface area contributed by atoms with Crippen molar-refractivity contribution >= 4 is 46.3 Å². The van der Waals surface area contributed by atoms with E-state index in [-0.39, 0.29) is 53.1 Å². The maximum atomic E-state index is 13.6. The van der Waals surface area contributed by atoms with Gasteiger partial charge in [0, 0.05) is 30.3 Å². The van der Waals surface area contributed by atoms with Gasteiger partial charge in [-0.3, -0.25) is 19.9 Å². The monoisotopic (exact) mass is 602 g/mol. The summed E-state index contributed by atoms with van der Waals surface area (Å²) in [5.41, 5.74) is 3.06. The molecule has 2 heterocycles. The number of hydrogen-bond acceptors (Lipinski definition) is 7. The SMILES string of the molecule is Br.CCOc1cc2c(cc1C(=O)NC)C(=N)N(CC(=O)c1cc(N3CCOC3=O)c(OC)c(C(C)(C)C)c1)C2. The second-order valence-corrected chi connectivity index (χ2v) is 10.2. The van der Waals surface area contributed by atoms with Gasteiger partial charge in [-0.2, -0.15) is 0 Å². The summed E-state index contributed by atoms with van der Waals surface area (Å²) in [5, 5.41) is 11.3. The van der Waals surface area contributed by atoms with Crippen molar-refractivity contribution in [3.8, 4) is 11.5 Å². The number of carbonyl (C=O) groups is 3. The van der Waals surface area contributed by atoms with Gasteiger partial charge in [0.05, 0.1) is 38.1 Å². The van der Waals surface area contributed by atoms with Crippen LogP contribution in [0.25, 0.3) is 0 Å². The van der Waals surface area contributed by atoms with Crippen LogP contribution in [0.2, 0.25) is 0 Å². The van der Waals surface area contributed by atoms with Crippen LogP contribution in [0.4, 0.5) is 10.5 Å². The molecule has 1 fully saturated rings. The second-order valence-electron chi connectivity index (χ2n) is 10.2. The number of amidine groups is 1. The zero-order chi connectivity index (χ0) is 27.8. The highest BCUT2D eigenvalue weighted by atomic mass is 79.9. The van der Waals surface area contributed by atoms with Crippen molar-refractivity contribution in [1.82, 2.24) is 10.2 Å². The van der Waals surface area contributed by atoms with Crippen LogP contribution in [0.15, 0.2) is 24.3 Å². The molecule has 0 saturated carbocycles. The van der Waals surface area contributed by atoms with Gasteiger partial charge in [0.1, 0.15) is 23.9 Å². The smallest absolute Gasteiger partial charge is 0.414 e. The fourth-order valence-electron chi connectivity index (χ4n) is 4.77. The number of cyclic esters (lactones) is 1. The van der Waals surface area contributed by atoms with Gasteiger partial charge in [-0.05, 0) is 42.2 Å². The minimum Gasteiger partial charge on any atom is -0.494 e. The van der Waals surface area contributed by atoms with Crippen LogP contribution < -0.4 is 19.7 Å². The molecule has 4 rings (SSSR count). The molecule has 2 N–H and O–H groups in total. The number of ether oxygens (including phenoxy) is 3. The van der Waals surface area contributed by atoms with E-state index < -0.39 is 6.09 Å². The lowest BCUT2D eigenvalue weighted by Crippen LogP contribution is -2.31. The number of carbonyl (C=O) groups excluding carboxylic acids is 3. The topological polar surface area (TPSA) is 121 Å². The van der Waals surface area contributed by atoms with Gasteiger partial charge in [0.15, 0.2) is 5.78 Å². The summed E-state index contributed by atoms with van der Waals surface area (Å²) < 4.78 is 16.5. The molecular weight excluding hydrogens is 568 g/mol. The molecule has 0 aromatic heterocycles. The highest BCUT2D eigenvalue weighted by Crippen LogP contribution is 2.41. The Kier molecular flexibility index (Phi) is 8.94. The summed E-state index contributed by atoms with van der Waals surface area (Å²) in [7, 11) is 3.09. The molecule has 2 aromatic rings. The average Bonchev–Trinajstić information content (AvgIpc) is 3.44. The number of methoxy groups -OCH3 is 1. The number of rotatable bonds is 8. The van der Waals surface area contributed by atoms with Crippen LogP contribution in [0.5, 0.6) is 11.5 Å². The summed E-state index contributed by atoms with van der Waals surface area (Å²) in [6.45, 7) is 9.17. The Hall–Kier alpha value is -3.60. The first-order valence-corrected chi connectivity index (χ1v) is 12.6. The molecule has 1 saturated heterocycles. The second kappa shape index (κ2) is 11.6. The number of amides is 2. The fraction of sp³-hybridized carbons (Fsp3) is 0.429. The number of anilines is 1. The van der Waals surface area contributed by atoms with Crippen molar-refractivity contribution in [2.45, 2.75) is 39.7 Å². The minimum absolute atomic E-state index is 0. The van der Waals surface area contributed by atoms with Crippen LogP contribution in [-0.2, 0) is 16.7 Å². The third kappa shape index (κ3) is 5.73. The zero-order valence-corrected chi connectivity index (χ0v) is 24.8. The molecule has 2 aromatic carbocycles. The fourth-order valence-corrected chi connectivity index (χ4v) is 4.77. The largest absolute Gasteiger partial charge is 0.494 e. The Bertz CT molecular complexity index is 1320. The lowest BCUT2D eigenvalue weighted by atomic mass is 9.84. The van der Waals surface area contributed by atoms with Crippen LogP contribution in [-0.4, -0.2) is 69.0 Å². The van der Waals surface area contributed by atoms with Crippen molar-refractivity contribution in [1.29, 1.82) is 5.41 Å². The summed E-state index contributed by atoms with van der Waals surface area (Å²) in [6.07, 6.45) is -0.485. The van der Waals surface area contributed by atoms with E-state index in [9.17, 15) is 14.4 Å². The molecule has 0 atom stereocenters. The Morgan fingerprint density at radius 3 is 2.46 bits per heavy atom. The third-order valence-corrected chi connectivity index (χ3v) is 6.70. The molecule has 2 amide bonds. The molecule has 10 nitrogen and oxygen atoms in total. The van der Waals surface area contributed by atoms with E-state index in [1.165, 1.54) is 4.90 Å². The van der Waals surface area contributed by atoms with Gasteiger partial charge in [0.2, 0.25) is 0 Å². The van der Waals surface area contributed by atoms with E-state index in [0.717, 1.165) is 11.1 Å². The average molecular weight is 604 g/mol. The first-order valence-electron chi connectivity index (χ1n) is 12.6. The molecule has 0 bridgehead atoms. The summed E-state index contributed by atoms with van der Waals surface area (Å²) in [6, 6.07) is 6.88. The van der Waals surface area contributed by atoms with E-state index in [0.29, 0.717) is 53.6 Å². The van der Waals surface area contributed by atoms with E-state index in [1.807, 2.05) is 27.7 Å². The van der Waals surface area contributed by atoms with Gasteiger partial charge in [-0.1, -0.05) is 20.8 Å². The summed E-state index contributed by atoms with van der Waals surface area (Å²) in [4.78, 5) is 41.6. The highest BCUT2D eigenvalue weighted by Gasteiger charge is 2.33. The van der Waals surface area contributed by atoms with Crippen LogP contribution in [0, 0.1) is 5.41 Å². The van der Waals surface area contributed by atoms with Gasteiger partial charge < -0.3 is 24.4 Å². The molecule has 0 radical (unpaired) electrons. The Labute approximate surface area is 238 Å². The number of halogens is 1. The van der Waals surface area contributed by atoms with Crippen molar-refractivity contribution in [2.75, 3.05) is 45.4 Å². The van der Waals surface area contributed by atoms with Crippen molar-refractivity contribution in [2.24, 2.45) is 0 Å². The van der Waals surface area contributed by atoms with Crippen molar-refractivity contribution in [3.63, 3.8) is 0 Å². The maximum absolute atomic E-state index is 13.6. The molecular formula is C28H35BrN4O6. The Balaban J connectivity index is 0.00000420. The standard InChI is InChI=1S/C28H34N4O6.BrH/c1-7-37-23-12-17-14-31(25(29)18(17)13-19(23)26(34)30-5)15-22(33)16-10-20(28(2,3)4)24(36-6)21(11-16)32-8-9-38-27(32)35;/h10-13,29H,7-9,14-15H2,1-6H3,(H,30,34);1H. The number of nitrogens with zero attached hydrogens (tertiary/aromatic N) is 2. The quantitative estimate of drug-likeness (QED) is 0.432. The van der Waals surface area contributed by atoms with Crippen molar-refractivity contribution < 1.29 is 28.6 Å². The minimum atomic E-state index is -0.485. The number of Topliss-reactive ketones (excluding diaryl/α,β-unsaturated/α-hetero) is 1. The number of hydrogen-bond donors (Lipinski definition) is 2. The zero-order valence-electron chi connectivity index (χ0n) is 23.1. The molecule has 0 unspecified atom stereocenters. The normalized spacial score (nSPS) is 14.5. The number of ketones is 1. The Morgan fingerprint density at radius 1 is 1.18 bits per heavy atom. The first kappa shape index (κ1) is 29.9. The Morgan fingerprint density at radius 2 is 1.90 bits per heavy atom. The van der Waals surface area contributed by atoms with Crippen LogP contribution in [0.3, 0.4) is 0 Å². The predicted molar refractivity (Wildman–Crippen MR) is 153 cm³/mol. The van der Waals surface area contributed by atoms with Gasteiger partial charge in [-0.15, -0.1) is 17.0 Å². The lowest BCUT2D eigenvalue weighted by Gasteiger charge is -2.27. The maximum Gasteiger partial charge on any atom is 0.414 e. The summed E-state index contributed by atoms with van der Waals surface area (Å²) in [5.74, 6) is 0.619. The number of fused-ring (bicyclic) bond motifs is 1. The van der Waals surface area contributed by atoms with Crippen LogP contribution in [0.1, 0.15) is 65.1 Å². The molecule has 0 spiro atoms. The van der Waals surface area contributed by atoms with E-state index >= 15 is 0 Å². The van der Waals surface area contributed by atoms with E-state index in [4.69, 9.17) is 19.6 Å². The molecule has 2 aliphatic heterocycles. The molecule has 2 aliphatic rings. The van der Waals surface area contributed by atoms with E-state index in [1.54, 1.807) is 43.3 Å². The third-order valence-electron chi connectivity index (χ3n) is 6.70. The van der Waals surface area contributed by atoms with Crippen LogP contribution >= 0.6 is 17.0 Å². The lowest BCUT2D eigenvalue weighted by molar-refractivity contribution is 0.0953. The predicted octanol–water partition coefficient (Wildman–Crippen LogP) is 4.31. The first-order chi connectivity index (χ1) is 18.0.